The minimum Gasteiger partial charge on any atom is -0.380 e. The Bertz CT molecular complexity index is 2240. The quantitative estimate of drug-likeness (QED) is 0.252. The number of imide groups is 2. The first-order valence-corrected chi connectivity index (χ1v) is 17.2. The number of H-pyrrole nitrogens is 1. The van der Waals surface area contributed by atoms with Crippen molar-refractivity contribution in [3.63, 3.8) is 0 Å². The molecule has 3 aromatic carbocycles. The van der Waals surface area contributed by atoms with E-state index >= 15 is 0 Å². The molecule has 1 aromatic heterocycles. The van der Waals surface area contributed by atoms with Crippen molar-refractivity contribution in [3.8, 4) is 6.07 Å². The molecule has 4 aromatic rings. The van der Waals surface area contributed by atoms with Crippen molar-refractivity contribution in [2.24, 2.45) is 0 Å². The summed E-state index contributed by atoms with van der Waals surface area (Å²) in [5, 5.41) is 16.1. The van der Waals surface area contributed by atoms with E-state index in [0.29, 0.717) is 28.9 Å². The van der Waals surface area contributed by atoms with Crippen LogP contribution in [-0.4, -0.2) is 64.5 Å². The molecule has 11 heteroatoms. The fourth-order valence-corrected chi connectivity index (χ4v) is 8.33. The van der Waals surface area contributed by atoms with E-state index in [0.717, 1.165) is 64.1 Å². The first-order chi connectivity index (χ1) is 24.0. The molecule has 2 saturated heterocycles. The highest BCUT2D eigenvalue weighted by Crippen LogP contribution is 2.46. The van der Waals surface area contributed by atoms with Gasteiger partial charge < -0.3 is 15.2 Å². The summed E-state index contributed by atoms with van der Waals surface area (Å²) in [5.41, 5.74) is 7.13. The van der Waals surface area contributed by atoms with Crippen molar-refractivity contribution >= 4 is 51.7 Å². The van der Waals surface area contributed by atoms with Crippen LogP contribution < -0.4 is 15.5 Å². The number of fused-ring (bicyclic) bond motifs is 5. The molecule has 2 fully saturated rings. The van der Waals surface area contributed by atoms with E-state index in [-0.39, 0.29) is 35.8 Å². The molecular formula is C39H36N6O5. The predicted octanol–water partition coefficient (Wildman–Crippen LogP) is 4.95. The minimum atomic E-state index is -1.03. The van der Waals surface area contributed by atoms with Gasteiger partial charge in [-0.05, 0) is 73.2 Å². The van der Waals surface area contributed by atoms with Crippen LogP contribution >= 0.6 is 0 Å². The van der Waals surface area contributed by atoms with Crippen molar-refractivity contribution in [1.82, 2.24) is 15.2 Å². The van der Waals surface area contributed by atoms with Gasteiger partial charge in [-0.15, -0.1) is 0 Å². The second kappa shape index (κ2) is 11.4. The van der Waals surface area contributed by atoms with Gasteiger partial charge in [0.25, 0.3) is 11.8 Å². The van der Waals surface area contributed by atoms with Crippen LogP contribution in [0.15, 0.2) is 48.5 Å². The van der Waals surface area contributed by atoms with E-state index < -0.39 is 35.1 Å². The molecule has 50 heavy (non-hydrogen) atoms. The van der Waals surface area contributed by atoms with Crippen LogP contribution in [0.25, 0.3) is 10.9 Å². The maximum atomic E-state index is 14.1. The Labute approximate surface area is 288 Å². The van der Waals surface area contributed by atoms with Gasteiger partial charge in [0.2, 0.25) is 11.8 Å². The monoisotopic (exact) mass is 668 g/mol. The number of benzene rings is 3. The fraction of sp³-hybridized carbons (Fsp3) is 0.333. The van der Waals surface area contributed by atoms with Crippen molar-refractivity contribution in [3.05, 3.63) is 93.2 Å². The molecule has 2 atom stereocenters. The summed E-state index contributed by atoms with van der Waals surface area (Å²) in [4.78, 5) is 72.4. The highest BCUT2D eigenvalue weighted by atomic mass is 16.2. The lowest BCUT2D eigenvalue weighted by atomic mass is 9.70. The van der Waals surface area contributed by atoms with Crippen LogP contribution in [0.1, 0.15) is 105 Å². The number of rotatable bonds is 5. The maximum Gasteiger partial charge on any atom is 0.264 e. The van der Waals surface area contributed by atoms with E-state index in [1.54, 1.807) is 30.3 Å². The zero-order chi connectivity index (χ0) is 35.1. The van der Waals surface area contributed by atoms with E-state index in [1.165, 1.54) is 0 Å². The molecule has 0 radical (unpaired) electrons. The number of nitrogens with zero attached hydrogens (tertiary/aromatic N) is 3. The van der Waals surface area contributed by atoms with E-state index in [2.05, 4.69) is 59.5 Å². The van der Waals surface area contributed by atoms with Crippen molar-refractivity contribution in [2.75, 3.05) is 23.3 Å². The molecule has 4 amide bonds. The van der Waals surface area contributed by atoms with Crippen molar-refractivity contribution in [1.29, 1.82) is 5.26 Å². The van der Waals surface area contributed by atoms with Gasteiger partial charge in [-0.2, -0.15) is 5.26 Å². The molecule has 3 aliphatic heterocycles. The smallest absolute Gasteiger partial charge is 0.264 e. The molecule has 0 saturated carbocycles. The number of hydrogen-bond acceptors (Lipinski definition) is 8. The molecule has 0 bridgehead atoms. The highest BCUT2D eigenvalue weighted by Gasteiger charge is 2.46. The number of aromatic amines is 1. The number of ketones is 1. The summed E-state index contributed by atoms with van der Waals surface area (Å²) in [5.74, 6) is -2.14. The van der Waals surface area contributed by atoms with Gasteiger partial charge >= 0.3 is 0 Å². The number of aryl methyl sites for hydroxylation is 1. The normalized spacial score (nSPS) is 21.1. The van der Waals surface area contributed by atoms with Crippen molar-refractivity contribution < 1.29 is 24.0 Å². The van der Waals surface area contributed by atoms with E-state index in [1.807, 2.05) is 6.07 Å². The van der Waals surface area contributed by atoms with Crippen LogP contribution in [0.2, 0.25) is 0 Å². The summed E-state index contributed by atoms with van der Waals surface area (Å²) in [6.45, 7) is 7.80. The van der Waals surface area contributed by atoms with Gasteiger partial charge in [0.15, 0.2) is 5.78 Å². The fourth-order valence-electron chi connectivity index (χ4n) is 8.33. The number of carbonyl (C=O) groups excluding carboxylic acids is 5. The van der Waals surface area contributed by atoms with Crippen molar-refractivity contribution in [2.45, 2.75) is 70.4 Å². The number of hydrogen-bond donors (Lipinski definition) is 3. The average Bonchev–Trinajstić information content (AvgIpc) is 3.62. The summed E-state index contributed by atoms with van der Waals surface area (Å²) in [6, 6.07) is 15.9. The Kier molecular flexibility index (Phi) is 7.19. The minimum absolute atomic E-state index is 0.0202. The van der Waals surface area contributed by atoms with Gasteiger partial charge in [-0.3, -0.25) is 34.2 Å². The third-order valence-corrected chi connectivity index (χ3v) is 10.9. The second-order valence-corrected chi connectivity index (χ2v) is 14.2. The number of nitrogens with one attached hydrogen (secondary N) is 3. The van der Waals surface area contributed by atoms with Gasteiger partial charge in [0, 0.05) is 64.5 Å². The van der Waals surface area contributed by atoms with Crippen LogP contribution in [0.3, 0.4) is 0 Å². The third-order valence-electron chi connectivity index (χ3n) is 10.9. The molecule has 1 aliphatic carbocycles. The number of nitriles is 1. The Hall–Kier alpha value is -5.76. The number of piperidine rings is 2. The Balaban J connectivity index is 1.09. The van der Waals surface area contributed by atoms with Crippen LogP contribution in [0.5, 0.6) is 0 Å². The van der Waals surface area contributed by atoms with Gasteiger partial charge in [-0.25, -0.2) is 0 Å². The third kappa shape index (κ3) is 4.65. The predicted molar refractivity (Wildman–Crippen MR) is 186 cm³/mol. The molecule has 2 unspecified atom stereocenters. The molecular weight excluding hydrogens is 632 g/mol. The van der Waals surface area contributed by atoms with Crippen LogP contribution in [0, 0.1) is 11.3 Å². The van der Waals surface area contributed by atoms with E-state index in [4.69, 9.17) is 0 Å². The largest absolute Gasteiger partial charge is 0.380 e. The highest BCUT2D eigenvalue weighted by molar-refractivity contribution is 6.25. The molecule has 3 N–H and O–H groups in total. The summed E-state index contributed by atoms with van der Waals surface area (Å²) in [7, 11) is 0. The number of carbonyl (C=O) groups is 5. The van der Waals surface area contributed by atoms with Gasteiger partial charge in [0.05, 0.1) is 28.3 Å². The first-order valence-electron chi connectivity index (χ1n) is 17.2. The Morgan fingerprint density at radius 3 is 2.56 bits per heavy atom. The van der Waals surface area contributed by atoms with Gasteiger partial charge in [0.1, 0.15) is 6.04 Å². The molecule has 11 nitrogen and oxygen atoms in total. The lowest BCUT2D eigenvalue weighted by molar-refractivity contribution is -0.136. The zero-order valence-electron chi connectivity index (χ0n) is 28.1. The maximum absolute atomic E-state index is 14.1. The lowest BCUT2D eigenvalue weighted by Gasteiger charge is -2.39. The average molecular weight is 669 g/mol. The van der Waals surface area contributed by atoms with Crippen LogP contribution in [0.4, 0.5) is 11.4 Å². The second-order valence-electron chi connectivity index (χ2n) is 14.2. The lowest BCUT2D eigenvalue weighted by Crippen LogP contribution is -2.54. The molecule has 252 valence electrons. The number of amides is 4. The first kappa shape index (κ1) is 31.5. The number of anilines is 2. The van der Waals surface area contributed by atoms with Crippen LogP contribution in [-0.2, 0) is 21.4 Å². The standard InChI is InChI=1S/C39H36N6O5/c1-4-21-16-25-26(39(2,3)35-33(34(25)47)23-11-10-20(18-40)15-28(23)42-35)17-30(21)44-14-6-7-22(19-44)41-27-9-5-8-24-32(27)38(50)45(37(24)49)29-12-13-31(46)43-36(29)48/h5,8-11,15-17,22,29,41-42H,4,6-7,12-14,19H2,1-3H3,(H,43,46,48). The van der Waals surface area contributed by atoms with E-state index in [9.17, 15) is 29.2 Å². The molecule has 4 aliphatic rings. The van der Waals surface area contributed by atoms with Gasteiger partial charge in [-0.1, -0.05) is 32.9 Å². The summed E-state index contributed by atoms with van der Waals surface area (Å²) < 4.78 is 0. The Morgan fingerprint density at radius 2 is 1.80 bits per heavy atom. The topological polar surface area (TPSA) is 155 Å². The Morgan fingerprint density at radius 1 is 0.980 bits per heavy atom. The SMILES string of the molecule is CCc1cc2c(cc1N1CCCC(Nc3cccc4c3C(=O)N(C3CCC(=O)NC3=O)C4=O)C1)C(C)(C)c1[nH]c3cc(C#N)ccc3c1C2=O. The zero-order valence-corrected chi connectivity index (χ0v) is 28.1. The summed E-state index contributed by atoms with van der Waals surface area (Å²) in [6.07, 6.45) is 2.63. The molecule has 4 heterocycles. The summed E-state index contributed by atoms with van der Waals surface area (Å²) >= 11 is 0. The molecule has 8 rings (SSSR count). The number of aromatic nitrogens is 1. The molecule has 0 spiro atoms.